The van der Waals surface area contributed by atoms with Crippen molar-refractivity contribution in [3.05, 3.63) is 87.9 Å². The molecule has 1 aliphatic heterocycles. The molecular formula is C23H17BrClN3O3. The number of hydrogen-bond acceptors (Lipinski definition) is 3. The summed E-state index contributed by atoms with van der Waals surface area (Å²) in [7, 11) is 0. The zero-order chi connectivity index (χ0) is 22.0. The molecule has 8 heteroatoms. The number of hydrogen-bond donors (Lipinski definition) is 2. The number of halogens is 2. The molecule has 0 fully saturated rings. The molecule has 1 atom stereocenters. The van der Waals surface area contributed by atoms with Crippen LogP contribution in [0.25, 0.3) is 0 Å². The summed E-state index contributed by atoms with van der Waals surface area (Å²) in [6.07, 6.45) is -0.219. The number of carbonyl (C=O) groups is 3. The van der Waals surface area contributed by atoms with Gasteiger partial charge < -0.3 is 10.6 Å². The summed E-state index contributed by atoms with van der Waals surface area (Å²) in [5.41, 5.74) is 1.95. The quantitative estimate of drug-likeness (QED) is 0.525. The predicted molar refractivity (Wildman–Crippen MR) is 125 cm³/mol. The molecule has 2 N–H and O–H groups in total. The molecule has 0 bridgehead atoms. The third-order valence-corrected chi connectivity index (χ3v) is 5.77. The van der Waals surface area contributed by atoms with Gasteiger partial charge in [-0.05, 0) is 58.4 Å². The lowest BCUT2D eigenvalue weighted by Gasteiger charge is -2.36. The molecule has 0 aliphatic carbocycles. The molecule has 4 rings (SSSR count). The number of amides is 3. The van der Waals surface area contributed by atoms with E-state index in [-0.39, 0.29) is 12.3 Å². The minimum absolute atomic E-state index is 0.219. The van der Waals surface area contributed by atoms with Gasteiger partial charge in [-0.3, -0.25) is 19.3 Å². The van der Waals surface area contributed by atoms with Gasteiger partial charge in [-0.15, -0.1) is 0 Å². The second-order valence-corrected chi connectivity index (χ2v) is 8.23. The van der Waals surface area contributed by atoms with Crippen molar-refractivity contribution < 1.29 is 14.4 Å². The maximum absolute atomic E-state index is 13.5. The van der Waals surface area contributed by atoms with Gasteiger partial charge in [-0.25, -0.2) is 0 Å². The number of fused-ring (bicyclic) bond motifs is 1. The Labute approximate surface area is 192 Å². The Morgan fingerprint density at radius 3 is 2.55 bits per heavy atom. The molecule has 0 radical (unpaired) electrons. The van der Waals surface area contributed by atoms with E-state index < -0.39 is 17.9 Å². The average molecular weight is 499 g/mol. The summed E-state index contributed by atoms with van der Waals surface area (Å²) in [5.74, 6) is -1.22. The first kappa shape index (κ1) is 21.1. The standard InChI is InChI=1S/C23H17BrClN3O3/c24-17-9-2-1-8-16(17)23(31)28-19-11-4-3-10-18(19)27-22(30)20(28)13-21(29)26-15-7-5-6-14(25)12-15/h1-12,20H,13H2,(H,26,29)(H,27,30)/t20-/m1/s1. The molecule has 1 aliphatic rings. The number of rotatable bonds is 4. The topological polar surface area (TPSA) is 78.5 Å². The number of carbonyl (C=O) groups excluding carboxylic acids is 3. The van der Waals surface area contributed by atoms with E-state index in [2.05, 4.69) is 26.6 Å². The van der Waals surface area contributed by atoms with Crippen LogP contribution in [0, 0.1) is 0 Å². The van der Waals surface area contributed by atoms with Crippen LogP contribution in [0.2, 0.25) is 5.02 Å². The first-order valence-corrected chi connectivity index (χ1v) is 10.6. The summed E-state index contributed by atoms with van der Waals surface area (Å²) in [4.78, 5) is 40.5. The van der Waals surface area contributed by atoms with Crippen molar-refractivity contribution in [3.63, 3.8) is 0 Å². The van der Waals surface area contributed by atoms with Gasteiger partial charge in [0.2, 0.25) is 11.8 Å². The van der Waals surface area contributed by atoms with Gasteiger partial charge in [0.05, 0.1) is 23.4 Å². The summed E-state index contributed by atoms with van der Waals surface area (Å²) >= 11 is 9.37. The van der Waals surface area contributed by atoms with Crippen molar-refractivity contribution in [2.75, 3.05) is 15.5 Å². The Morgan fingerprint density at radius 2 is 1.77 bits per heavy atom. The number of benzene rings is 3. The predicted octanol–water partition coefficient (Wildman–Crippen LogP) is 5.10. The van der Waals surface area contributed by atoms with Crippen molar-refractivity contribution in [2.45, 2.75) is 12.5 Å². The van der Waals surface area contributed by atoms with Crippen LogP contribution in [0.3, 0.4) is 0 Å². The fourth-order valence-electron chi connectivity index (χ4n) is 3.44. The Kier molecular flexibility index (Phi) is 6.06. The van der Waals surface area contributed by atoms with E-state index in [0.29, 0.717) is 32.1 Å². The van der Waals surface area contributed by atoms with Crippen LogP contribution in [0.4, 0.5) is 17.1 Å². The van der Waals surface area contributed by atoms with E-state index in [1.807, 2.05) is 0 Å². The minimum Gasteiger partial charge on any atom is -0.326 e. The highest BCUT2D eigenvalue weighted by atomic mass is 79.9. The molecule has 0 spiro atoms. The highest BCUT2D eigenvalue weighted by molar-refractivity contribution is 9.10. The smallest absolute Gasteiger partial charge is 0.260 e. The Bertz CT molecular complexity index is 1180. The second-order valence-electron chi connectivity index (χ2n) is 6.94. The van der Waals surface area contributed by atoms with Crippen molar-refractivity contribution in [1.82, 2.24) is 0 Å². The maximum atomic E-state index is 13.5. The van der Waals surface area contributed by atoms with Crippen molar-refractivity contribution in [3.8, 4) is 0 Å². The van der Waals surface area contributed by atoms with Crippen LogP contribution >= 0.6 is 27.5 Å². The molecule has 0 saturated heterocycles. The van der Waals surface area contributed by atoms with E-state index >= 15 is 0 Å². The van der Waals surface area contributed by atoms with E-state index in [9.17, 15) is 14.4 Å². The highest BCUT2D eigenvalue weighted by Crippen LogP contribution is 2.35. The SMILES string of the molecule is O=C(C[C@@H]1C(=O)Nc2ccccc2N1C(=O)c1ccccc1Br)Nc1cccc(Cl)c1. The molecule has 3 aromatic rings. The summed E-state index contributed by atoms with van der Waals surface area (Å²) in [5, 5.41) is 6.01. The van der Waals surface area contributed by atoms with Crippen LogP contribution in [-0.2, 0) is 9.59 Å². The molecule has 31 heavy (non-hydrogen) atoms. The van der Waals surface area contributed by atoms with Crippen molar-refractivity contribution in [1.29, 1.82) is 0 Å². The zero-order valence-corrected chi connectivity index (χ0v) is 18.5. The lowest BCUT2D eigenvalue weighted by molar-refractivity contribution is -0.122. The van der Waals surface area contributed by atoms with Gasteiger partial charge in [-0.1, -0.05) is 41.9 Å². The number of anilines is 3. The van der Waals surface area contributed by atoms with Crippen LogP contribution in [0.15, 0.2) is 77.3 Å². The van der Waals surface area contributed by atoms with Gasteiger partial charge in [0.15, 0.2) is 0 Å². The lowest BCUT2D eigenvalue weighted by atomic mass is 10.0. The van der Waals surface area contributed by atoms with Crippen molar-refractivity contribution in [2.24, 2.45) is 0 Å². The normalized spacial score (nSPS) is 15.1. The third kappa shape index (κ3) is 4.47. The number of para-hydroxylation sites is 2. The van der Waals surface area contributed by atoms with Gasteiger partial charge in [0, 0.05) is 15.2 Å². The van der Waals surface area contributed by atoms with E-state index in [1.54, 1.807) is 72.8 Å². The van der Waals surface area contributed by atoms with E-state index in [0.717, 1.165) is 0 Å². The van der Waals surface area contributed by atoms with E-state index in [1.165, 1.54) is 4.90 Å². The fraction of sp³-hybridized carbons (Fsp3) is 0.0870. The Hall–Kier alpha value is -3.16. The summed E-state index contributed by atoms with van der Waals surface area (Å²) in [6.45, 7) is 0. The largest absolute Gasteiger partial charge is 0.326 e. The first-order valence-electron chi connectivity index (χ1n) is 9.47. The average Bonchev–Trinajstić information content (AvgIpc) is 2.74. The molecule has 0 saturated carbocycles. The second kappa shape index (κ2) is 8.91. The Balaban J connectivity index is 1.67. The molecule has 0 aromatic heterocycles. The van der Waals surface area contributed by atoms with Gasteiger partial charge in [-0.2, -0.15) is 0 Å². The van der Waals surface area contributed by atoms with Crippen molar-refractivity contribution >= 4 is 62.3 Å². The van der Waals surface area contributed by atoms with Crippen LogP contribution < -0.4 is 15.5 Å². The molecule has 3 aromatic carbocycles. The molecular weight excluding hydrogens is 482 g/mol. The monoisotopic (exact) mass is 497 g/mol. The maximum Gasteiger partial charge on any atom is 0.260 e. The van der Waals surface area contributed by atoms with Gasteiger partial charge in [0.1, 0.15) is 6.04 Å². The molecule has 1 heterocycles. The molecule has 6 nitrogen and oxygen atoms in total. The van der Waals surface area contributed by atoms with Crippen LogP contribution in [-0.4, -0.2) is 23.8 Å². The molecule has 3 amide bonds. The lowest BCUT2D eigenvalue weighted by Crippen LogP contribution is -2.52. The Morgan fingerprint density at radius 1 is 1.03 bits per heavy atom. The van der Waals surface area contributed by atoms with Crippen LogP contribution in [0.5, 0.6) is 0 Å². The minimum atomic E-state index is -1.02. The first-order chi connectivity index (χ1) is 14.9. The van der Waals surface area contributed by atoms with E-state index in [4.69, 9.17) is 11.6 Å². The number of nitrogens with zero attached hydrogens (tertiary/aromatic N) is 1. The summed E-state index contributed by atoms with van der Waals surface area (Å²) in [6, 6.07) is 19.7. The van der Waals surface area contributed by atoms with Gasteiger partial charge in [0.25, 0.3) is 5.91 Å². The molecule has 0 unspecified atom stereocenters. The third-order valence-electron chi connectivity index (χ3n) is 4.85. The van der Waals surface area contributed by atoms with Gasteiger partial charge >= 0.3 is 0 Å². The van der Waals surface area contributed by atoms with Crippen LogP contribution in [0.1, 0.15) is 16.8 Å². The number of nitrogens with one attached hydrogen (secondary N) is 2. The molecule has 156 valence electrons. The summed E-state index contributed by atoms with van der Waals surface area (Å²) < 4.78 is 0.602. The fourth-order valence-corrected chi connectivity index (χ4v) is 4.09. The zero-order valence-electron chi connectivity index (χ0n) is 16.1. The highest BCUT2D eigenvalue weighted by Gasteiger charge is 2.39.